The first-order valence-corrected chi connectivity index (χ1v) is 22.4. The average Bonchev–Trinajstić information content (AvgIpc) is 3.69. The minimum atomic E-state index is -0.327. The summed E-state index contributed by atoms with van der Waals surface area (Å²) in [4.78, 5) is 20.5. The lowest BCUT2D eigenvalue weighted by molar-refractivity contribution is 0.569. The van der Waals surface area contributed by atoms with Gasteiger partial charge >= 0.3 is 0 Å². The Labute approximate surface area is 387 Å². The van der Waals surface area contributed by atoms with Gasteiger partial charge in [0.05, 0.1) is 44.5 Å². The molecule has 0 bridgehead atoms. The molecule has 0 fully saturated rings. The number of pyridine rings is 4. The number of rotatable bonds is 3. The van der Waals surface area contributed by atoms with Gasteiger partial charge in [-0.2, -0.15) is 0 Å². The van der Waals surface area contributed by atoms with Crippen molar-refractivity contribution in [3.8, 4) is 22.8 Å². The lowest BCUT2D eigenvalue weighted by Crippen LogP contribution is -2.25. The van der Waals surface area contributed by atoms with Crippen molar-refractivity contribution < 1.29 is 8.78 Å². The second-order valence-electron chi connectivity index (χ2n) is 16.6. The highest BCUT2D eigenvalue weighted by molar-refractivity contribution is 14.1. The topological polar surface area (TPSA) is 66.8 Å². The number of aromatic nitrogens is 4. The van der Waals surface area contributed by atoms with E-state index in [1.165, 1.54) is 53.9 Å². The first-order valence-electron chi connectivity index (χ1n) is 19.9. The van der Waals surface area contributed by atoms with Gasteiger partial charge in [-0.1, -0.05) is 63.6 Å². The van der Waals surface area contributed by atoms with E-state index in [9.17, 15) is 8.78 Å². The molecule has 6 heterocycles. The monoisotopic (exact) mass is 1050 g/mol. The first kappa shape index (κ1) is 42.9. The van der Waals surface area contributed by atoms with Crippen LogP contribution in [0.15, 0.2) is 122 Å². The number of hydrogen-bond acceptors (Lipinski definition) is 6. The zero-order chi connectivity index (χ0) is 43.2. The van der Waals surface area contributed by atoms with Crippen LogP contribution in [0.4, 0.5) is 25.8 Å². The highest BCUT2D eigenvalue weighted by atomic mass is 127. The molecule has 0 saturated heterocycles. The van der Waals surface area contributed by atoms with E-state index in [0.717, 1.165) is 57.8 Å². The molecule has 11 heteroatoms. The normalized spacial score (nSPS) is 14.4. The van der Waals surface area contributed by atoms with Crippen LogP contribution in [0.25, 0.3) is 44.6 Å². The van der Waals surface area contributed by atoms with Crippen molar-refractivity contribution in [2.24, 2.45) is 0 Å². The third kappa shape index (κ3) is 8.68. The number of halogens is 5. The third-order valence-corrected chi connectivity index (χ3v) is 13.1. The molecule has 4 aromatic carbocycles. The maximum absolute atomic E-state index is 14.1. The van der Waals surface area contributed by atoms with E-state index in [1.54, 1.807) is 18.5 Å². The number of fused-ring (bicyclic) bond motifs is 4. The van der Waals surface area contributed by atoms with Crippen molar-refractivity contribution in [1.82, 2.24) is 19.9 Å². The van der Waals surface area contributed by atoms with E-state index in [-0.39, 0.29) is 17.0 Å². The zero-order valence-corrected chi connectivity index (χ0v) is 39.7. The maximum atomic E-state index is 14.1. The van der Waals surface area contributed by atoms with Gasteiger partial charge in [0, 0.05) is 83.3 Å². The van der Waals surface area contributed by atoms with Crippen LogP contribution in [0.5, 0.6) is 0 Å². The molecular formula is C50H43ClF2I2N6. The fraction of sp³-hybridized carbons (Fsp3) is 0.200. The van der Waals surface area contributed by atoms with Crippen LogP contribution in [-0.4, -0.2) is 33.0 Å². The molecule has 1 N–H and O–H groups in total. The Morgan fingerprint density at radius 1 is 0.639 bits per heavy atom. The van der Waals surface area contributed by atoms with Crippen LogP contribution >= 0.6 is 56.8 Å². The van der Waals surface area contributed by atoms with Crippen molar-refractivity contribution in [2.75, 3.05) is 23.3 Å². The van der Waals surface area contributed by atoms with Gasteiger partial charge in [0.1, 0.15) is 11.6 Å². The van der Waals surface area contributed by atoms with Gasteiger partial charge in [0.15, 0.2) is 0 Å². The summed E-state index contributed by atoms with van der Waals surface area (Å²) < 4.78 is 29.9. The molecule has 0 unspecified atom stereocenters. The summed E-state index contributed by atoms with van der Waals surface area (Å²) in [5.41, 5.74) is 12.8. The summed E-state index contributed by atoms with van der Waals surface area (Å²) in [7, 11) is 0. The molecule has 0 atom stereocenters. The quantitative estimate of drug-likeness (QED) is 0.178. The number of anilines is 3. The van der Waals surface area contributed by atoms with Gasteiger partial charge in [-0.15, -0.1) is 0 Å². The van der Waals surface area contributed by atoms with Crippen molar-refractivity contribution in [3.05, 3.63) is 168 Å². The molecule has 8 aromatic rings. The molecule has 0 spiro atoms. The maximum Gasteiger partial charge on any atom is 0.125 e. The fourth-order valence-electron chi connectivity index (χ4n) is 8.19. The Morgan fingerprint density at radius 3 is 1.80 bits per heavy atom. The van der Waals surface area contributed by atoms with Crippen molar-refractivity contribution >= 4 is 95.7 Å². The highest BCUT2D eigenvalue weighted by Gasteiger charge is 2.37. The SMILES string of the molecule is CC1(C)CNc2cc(I)ccc21.Cc1c(-c2ccccn2)nc2cc(F)ccc2c1Cl.Cc1c(-c2ccccn2)nc2cc(F)ccc2c1N1CC(C)(C)c2ccc(I)cc21. The molecule has 0 saturated carbocycles. The van der Waals surface area contributed by atoms with Gasteiger partial charge in [-0.25, -0.2) is 18.7 Å². The molecule has 2 aliphatic rings. The Bertz CT molecular complexity index is 2950. The lowest BCUT2D eigenvalue weighted by atomic mass is 9.87. The Kier molecular flexibility index (Phi) is 12.1. The smallest absolute Gasteiger partial charge is 0.125 e. The van der Waals surface area contributed by atoms with Crippen LogP contribution < -0.4 is 10.2 Å². The molecule has 6 nitrogen and oxygen atoms in total. The highest BCUT2D eigenvalue weighted by Crippen LogP contribution is 2.48. The van der Waals surface area contributed by atoms with E-state index in [0.29, 0.717) is 27.2 Å². The standard InChI is InChI=1S/C25H21FIN3.C15H10ClFN2.C10H12IN/c1-15-23(20-6-4-5-11-28-20)29-21-12-16(26)7-9-18(21)24(15)30-14-25(2,3)19-10-8-17(27)13-22(19)30;1-9-14(16)11-6-5-10(17)8-13(11)19-15(9)12-4-2-3-7-18-12;1-10(2)6-12-9-5-7(11)3-4-8(9)10/h4-13H,14H2,1-3H3;2-8H,1H3;3-5,12H,6H2,1-2H3. The third-order valence-electron chi connectivity index (χ3n) is 11.3. The molecule has 61 heavy (non-hydrogen) atoms. The van der Waals surface area contributed by atoms with E-state index >= 15 is 0 Å². The Balaban J connectivity index is 0.000000141. The first-order chi connectivity index (χ1) is 29.1. The van der Waals surface area contributed by atoms with Crippen molar-refractivity contribution in [2.45, 2.75) is 52.4 Å². The molecule has 10 rings (SSSR count). The summed E-state index contributed by atoms with van der Waals surface area (Å²) in [5.74, 6) is -0.611. The molecule has 2 aliphatic heterocycles. The molecule has 0 radical (unpaired) electrons. The van der Waals surface area contributed by atoms with Crippen LogP contribution in [-0.2, 0) is 10.8 Å². The molecule has 0 amide bonds. The molecule has 4 aromatic heterocycles. The number of nitrogens with zero attached hydrogens (tertiary/aromatic N) is 5. The minimum Gasteiger partial charge on any atom is -0.384 e. The summed E-state index contributed by atoms with van der Waals surface area (Å²) >= 11 is 11.1. The molecule has 0 aliphatic carbocycles. The van der Waals surface area contributed by atoms with Crippen molar-refractivity contribution in [1.29, 1.82) is 0 Å². The van der Waals surface area contributed by atoms with Crippen LogP contribution in [0.3, 0.4) is 0 Å². The fourth-order valence-corrected chi connectivity index (χ4v) is 9.41. The lowest BCUT2D eigenvalue weighted by Gasteiger charge is -2.27. The van der Waals surface area contributed by atoms with E-state index in [2.05, 4.69) is 141 Å². The largest absolute Gasteiger partial charge is 0.384 e. The van der Waals surface area contributed by atoms with Gasteiger partial charge < -0.3 is 10.2 Å². The Morgan fingerprint density at radius 2 is 1.20 bits per heavy atom. The van der Waals surface area contributed by atoms with Gasteiger partial charge in [0.25, 0.3) is 0 Å². The predicted molar refractivity (Wildman–Crippen MR) is 264 cm³/mol. The zero-order valence-electron chi connectivity index (χ0n) is 34.6. The molecule has 308 valence electrons. The van der Waals surface area contributed by atoms with Gasteiger partial charge in [-0.3, -0.25) is 9.97 Å². The second kappa shape index (κ2) is 17.2. The average molecular weight is 1060 g/mol. The van der Waals surface area contributed by atoms with E-state index < -0.39 is 0 Å². The van der Waals surface area contributed by atoms with Gasteiger partial charge in [-0.05, 0) is 149 Å². The number of benzene rings is 4. The van der Waals surface area contributed by atoms with Crippen molar-refractivity contribution in [3.63, 3.8) is 0 Å². The van der Waals surface area contributed by atoms with E-state index in [4.69, 9.17) is 16.6 Å². The summed E-state index contributed by atoms with van der Waals surface area (Å²) in [6.07, 6.45) is 3.46. The summed E-state index contributed by atoms with van der Waals surface area (Å²) in [6.45, 7) is 15.0. The summed E-state index contributed by atoms with van der Waals surface area (Å²) in [6, 6.07) is 33.9. The Hall–Kier alpha value is -4.79. The predicted octanol–water partition coefficient (Wildman–Crippen LogP) is 14.2. The number of hydrogen-bond donors (Lipinski definition) is 1. The number of nitrogens with one attached hydrogen (secondary N) is 1. The van der Waals surface area contributed by atoms with E-state index in [1.807, 2.05) is 49.4 Å². The summed E-state index contributed by atoms with van der Waals surface area (Å²) in [5, 5.41) is 5.72. The molecular weight excluding hydrogens is 1010 g/mol. The van der Waals surface area contributed by atoms with Crippen LogP contribution in [0, 0.1) is 32.6 Å². The van der Waals surface area contributed by atoms with Crippen LogP contribution in [0.2, 0.25) is 5.02 Å². The van der Waals surface area contributed by atoms with Crippen LogP contribution in [0.1, 0.15) is 49.9 Å². The van der Waals surface area contributed by atoms with Gasteiger partial charge in [0.2, 0.25) is 0 Å². The minimum absolute atomic E-state index is 0.00684. The second-order valence-corrected chi connectivity index (χ2v) is 19.5.